The number of ether oxygens (including phenoxy) is 3. The molecule has 1 aromatic carbocycles. The first kappa shape index (κ1) is 23.9. The van der Waals surface area contributed by atoms with Gasteiger partial charge >= 0.3 is 0 Å². The van der Waals surface area contributed by atoms with Crippen LogP contribution in [-0.2, 0) is 11.3 Å². The van der Waals surface area contributed by atoms with Crippen LogP contribution in [0, 0.1) is 6.92 Å². The van der Waals surface area contributed by atoms with Gasteiger partial charge in [0.25, 0.3) is 5.56 Å². The molecule has 0 spiro atoms. The van der Waals surface area contributed by atoms with Crippen molar-refractivity contribution in [3.8, 4) is 22.6 Å². The molecule has 4 heterocycles. The fourth-order valence-corrected chi connectivity index (χ4v) is 5.22. The number of hydrogen-bond acceptors (Lipinski definition) is 7. The number of fused-ring (bicyclic) bond motifs is 3. The molecule has 0 unspecified atom stereocenters. The molecule has 1 saturated heterocycles. The van der Waals surface area contributed by atoms with Gasteiger partial charge in [0.05, 0.1) is 48.6 Å². The Hall–Kier alpha value is -2.85. The number of aromatic amines is 1. The molecule has 5 rings (SSSR count). The van der Waals surface area contributed by atoms with E-state index in [9.17, 15) is 4.79 Å². The van der Waals surface area contributed by atoms with Crippen LogP contribution in [0.3, 0.4) is 0 Å². The average Bonchev–Trinajstić information content (AvgIpc) is 3.25. The Morgan fingerprint density at radius 1 is 1.09 bits per heavy atom. The van der Waals surface area contributed by atoms with Crippen LogP contribution < -0.4 is 15.0 Å². The molecule has 0 radical (unpaired) electrons. The molecule has 1 aliphatic heterocycles. The van der Waals surface area contributed by atoms with Gasteiger partial charge in [-0.15, -0.1) is 0 Å². The number of H-pyrrole nitrogens is 1. The summed E-state index contributed by atoms with van der Waals surface area (Å²) in [7, 11) is 3.00. The van der Waals surface area contributed by atoms with Crippen molar-refractivity contribution in [2.45, 2.75) is 13.5 Å². The van der Waals surface area contributed by atoms with Crippen molar-refractivity contribution >= 4 is 45.3 Å². The molecule has 9 nitrogen and oxygen atoms in total. The lowest BCUT2D eigenvalue weighted by molar-refractivity contribution is 0.0364. The van der Waals surface area contributed by atoms with Crippen molar-refractivity contribution in [3.05, 3.63) is 44.6 Å². The second kappa shape index (κ2) is 9.66. The fourth-order valence-electron chi connectivity index (χ4n) is 4.52. The molecule has 11 heteroatoms. The molecular weight excluding hydrogens is 493 g/mol. The van der Waals surface area contributed by atoms with Gasteiger partial charge in [0.1, 0.15) is 22.8 Å². The normalized spacial score (nSPS) is 14.7. The van der Waals surface area contributed by atoms with Crippen molar-refractivity contribution in [2.75, 3.05) is 47.1 Å². The SMILES string of the molecule is COc1cc(OC)c(Cl)c(-c2cc3cnc4nc(C)[nH]c4c3n(CCN3CCOCC3)c2=O)c1Cl. The average molecular weight is 518 g/mol. The summed E-state index contributed by atoms with van der Waals surface area (Å²) in [6.45, 7) is 5.99. The molecule has 35 heavy (non-hydrogen) atoms. The van der Waals surface area contributed by atoms with Gasteiger partial charge in [0.2, 0.25) is 0 Å². The van der Waals surface area contributed by atoms with Crippen molar-refractivity contribution in [1.82, 2.24) is 24.4 Å². The number of benzene rings is 1. The van der Waals surface area contributed by atoms with Crippen molar-refractivity contribution in [3.63, 3.8) is 0 Å². The van der Waals surface area contributed by atoms with Crippen LogP contribution in [0.1, 0.15) is 5.82 Å². The van der Waals surface area contributed by atoms with Gasteiger partial charge in [0, 0.05) is 49.4 Å². The summed E-state index contributed by atoms with van der Waals surface area (Å²) in [6.07, 6.45) is 1.71. The van der Waals surface area contributed by atoms with Crippen molar-refractivity contribution in [2.24, 2.45) is 0 Å². The van der Waals surface area contributed by atoms with Crippen LogP contribution in [0.5, 0.6) is 11.5 Å². The van der Waals surface area contributed by atoms with E-state index in [-0.39, 0.29) is 15.6 Å². The largest absolute Gasteiger partial charge is 0.495 e. The van der Waals surface area contributed by atoms with E-state index in [0.717, 1.165) is 29.8 Å². The summed E-state index contributed by atoms with van der Waals surface area (Å²) in [5.41, 5.74) is 2.47. The number of aryl methyl sites for hydroxylation is 1. The zero-order valence-electron chi connectivity index (χ0n) is 19.7. The maximum atomic E-state index is 14.1. The minimum Gasteiger partial charge on any atom is -0.495 e. The summed E-state index contributed by atoms with van der Waals surface area (Å²) < 4.78 is 18.1. The molecule has 1 N–H and O–H groups in total. The summed E-state index contributed by atoms with van der Waals surface area (Å²) in [5, 5.41) is 1.23. The highest BCUT2D eigenvalue weighted by Gasteiger charge is 2.24. The van der Waals surface area contributed by atoms with Gasteiger partial charge in [0.15, 0.2) is 5.65 Å². The lowest BCUT2D eigenvalue weighted by Crippen LogP contribution is -2.39. The summed E-state index contributed by atoms with van der Waals surface area (Å²) in [6, 6.07) is 3.36. The van der Waals surface area contributed by atoms with Crippen LogP contribution in [0.15, 0.2) is 23.1 Å². The number of imidazole rings is 1. The molecule has 1 fully saturated rings. The Kier molecular flexibility index (Phi) is 6.59. The molecule has 3 aromatic heterocycles. The number of morpholine rings is 1. The first-order chi connectivity index (χ1) is 16.9. The minimum absolute atomic E-state index is 0.232. The zero-order valence-corrected chi connectivity index (χ0v) is 21.2. The number of hydrogen-bond donors (Lipinski definition) is 1. The van der Waals surface area contributed by atoms with Gasteiger partial charge in [-0.25, -0.2) is 9.97 Å². The summed E-state index contributed by atoms with van der Waals surface area (Å²) in [4.78, 5) is 28.6. The third-order valence-electron chi connectivity index (χ3n) is 6.27. The van der Waals surface area contributed by atoms with E-state index < -0.39 is 0 Å². The predicted octanol–water partition coefficient (Wildman–Crippen LogP) is 3.90. The highest BCUT2D eigenvalue weighted by Crippen LogP contribution is 2.45. The second-order valence-electron chi connectivity index (χ2n) is 8.34. The number of aromatic nitrogens is 4. The second-order valence-corrected chi connectivity index (χ2v) is 9.09. The molecule has 4 aromatic rings. The summed E-state index contributed by atoms with van der Waals surface area (Å²) in [5.74, 6) is 1.44. The third-order valence-corrected chi connectivity index (χ3v) is 7.02. The topological polar surface area (TPSA) is 94.5 Å². The standard InChI is InChI=1S/C24H25Cl2N5O4/c1-13-28-21-22-14(12-27-23(21)29-13)10-15(18-19(25)16(33-2)11-17(34-3)20(18)26)24(32)31(22)5-4-30-6-8-35-9-7-30/h10-12H,4-9H2,1-3H3,(H,27,28,29). The highest BCUT2D eigenvalue weighted by molar-refractivity contribution is 6.41. The first-order valence-electron chi connectivity index (χ1n) is 11.2. The summed E-state index contributed by atoms with van der Waals surface area (Å²) >= 11 is 13.4. The van der Waals surface area contributed by atoms with Gasteiger partial charge < -0.3 is 23.8 Å². The number of pyridine rings is 2. The van der Waals surface area contributed by atoms with Gasteiger partial charge in [-0.1, -0.05) is 23.2 Å². The number of methoxy groups -OCH3 is 2. The monoisotopic (exact) mass is 517 g/mol. The van der Waals surface area contributed by atoms with Gasteiger partial charge in [-0.3, -0.25) is 9.69 Å². The highest BCUT2D eigenvalue weighted by atomic mass is 35.5. The zero-order chi connectivity index (χ0) is 24.7. The smallest absolute Gasteiger partial charge is 0.259 e. The Labute approximate surface area is 211 Å². The van der Waals surface area contributed by atoms with Crippen LogP contribution >= 0.6 is 23.2 Å². The Morgan fingerprint density at radius 3 is 2.43 bits per heavy atom. The predicted molar refractivity (Wildman–Crippen MR) is 136 cm³/mol. The van der Waals surface area contributed by atoms with E-state index in [2.05, 4.69) is 19.9 Å². The van der Waals surface area contributed by atoms with E-state index in [1.54, 1.807) is 22.9 Å². The number of halogens is 2. The molecule has 0 aliphatic carbocycles. The maximum absolute atomic E-state index is 14.1. The molecule has 0 saturated carbocycles. The Bertz CT molecular complexity index is 1450. The fraction of sp³-hybridized carbons (Fsp3) is 0.375. The Morgan fingerprint density at radius 2 is 1.77 bits per heavy atom. The lowest BCUT2D eigenvalue weighted by atomic mass is 10.0. The van der Waals surface area contributed by atoms with Crippen molar-refractivity contribution in [1.29, 1.82) is 0 Å². The minimum atomic E-state index is -0.232. The molecule has 0 amide bonds. The molecular formula is C24H25Cl2N5O4. The van der Waals surface area contributed by atoms with E-state index >= 15 is 0 Å². The maximum Gasteiger partial charge on any atom is 0.259 e. The van der Waals surface area contributed by atoms with E-state index in [1.807, 2.05) is 6.92 Å². The van der Waals surface area contributed by atoms with E-state index in [0.29, 0.717) is 60.1 Å². The van der Waals surface area contributed by atoms with Gasteiger partial charge in [-0.05, 0) is 13.0 Å². The van der Waals surface area contributed by atoms with Crippen LogP contribution in [0.4, 0.5) is 0 Å². The number of rotatable bonds is 6. The molecule has 0 atom stereocenters. The van der Waals surface area contributed by atoms with Crippen molar-refractivity contribution < 1.29 is 14.2 Å². The molecule has 184 valence electrons. The first-order valence-corrected chi connectivity index (χ1v) is 12.0. The number of nitrogens with zero attached hydrogens (tertiary/aromatic N) is 4. The lowest BCUT2D eigenvalue weighted by Gasteiger charge is -2.27. The van der Waals surface area contributed by atoms with Crippen LogP contribution in [0.2, 0.25) is 10.0 Å². The number of nitrogens with one attached hydrogen (secondary N) is 1. The van der Waals surface area contributed by atoms with Gasteiger partial charge in [-0.2, -0.15) is 0 Å². The molecule has 1 aliphatic rings. The quantitative estimate of drug-likeness (QED) is 0.414. The Balaban J connectivity index is 1.77. The van der Waals surface area contributed by atoms with E-state index in [4.69, 9.17) is 37.4 Å². The van der Waals surface area contributed by atoms with Crippen LogP contribution in [0.25, 0.3) is 33.2 Å². The molecule has 0 bridgehead atoms. The third kappa shape index (κ3) is 4.23. The van der Waals surface area contributed by atoms with E-state index in [1.165, 1.54) is 14.2 Å². The van der Waals surface area contributed by atoms with Crippen LogP contribution in [-0.4, -0.2) is 71.5 Å².